The number of fused-ring (bicyclic) bond motifs is 1. The van der Waals surface area contributed by atoms with Crippen LogP contribution in [0.15, 0.2) is 54.6 Å². The zero-order valence-electron chi connectivity index (χ0n) is 16.1. The maximum Gasteiger partial charge on any atom is 0.266 e. The fourth-order valence-electron chi connectivity index (χ4n) is 3.32. The average Bonchev–Trinajstić information content (AvgIpc) is 3.15. The number of benzene rings is 2. The smallest absolute Gasteiger partial charge is 0.266 e. The van der Waals surface area contributed by atoms with Gasteiger partial charge in [-0.25, -0.2) is 13.1 Å². The van der Waals surface area contributed by atoms with E-state index in [1.165, 1.54) is 0 Å². The molecule has 0 saturated heterocycles. The number of nitrogens with zero attached hydrogens (tertiary/aromatic N) is 2. The Morgan fingerprint density at radius 1 is 1.10 bits per heavy atom. The highest BCUT2D eigenvalue weighted by atomic mass is 32.2. The van der Waals surface area contributed by atoms with Crippen LogP contribution in [0.3, 0.4) is 0 Å². The van der Waals surface area contributed by atoms with Gasteiger partial charge in [0.1, 0.15) is 11.6 Å². The lowest BCUT2D eigenvalue weighted by Crippen LogP contribution is -2.31. The highest BCUT2D eigenvalue weighted by Crippen LogP contribution is 2.33. The molecule has 4 rings (SSSR count). The first-order valence-electron chi connectivity index (χ1n) is 9.24. The van der Waals surface area contributed by atoms with Gasteiger partial charge in [-0.05, 0) is 37.6 Å². The molecule has 1 N–H and O–H groups in total. The summed E-state index contributed by atoms with van der Waals surface area (Å²) in [6.45, 7) is 3.58. The molecule has 0 radical (unpaired) electrons. The number of para-hydroxylation sites is 2. The number of aromatic nitrogens is 2. The maximum atomic E-state index is 12.8. The third kappa shape index (κ3) is 3.88. The Bertz CT molecular complexity index is 1170. The second-order valence-electron chi connectivity index (χ2n) is 7.07. The molecule has 0 unspecified atom stereocenters. The molecule has 1 aliphatic heterocycles. The number of anilines is 1. The van der Waals surface area contributed by atoms with E-state index in [1.54, 1.807) is 23.7 Å². The lowest BCUT2D eigenvalue weighted by atomic mass is 10.2. The third-order valence-corrected chi connectivity index (χ3v) is 6.24. The Morgan fingerprint density at radius 3 is 2.52 bits per heavy atom. The largest absolute Gasteiger partial charge is 0.481 e. The molecule has 1 aromatic heterocycles. The van der Waals surface area contributed by atoms with Crippen LogP contribution in [0.2, 0.25) is 0 Å². The predicted molar refractivity (Wildman–Crippen MR) is 110 cm³/mol. The zero-order chi connectivity index (χ0) is 20.6. The van der Waals surface area contributed by atoms with Crippen molar-refractivity contribution in [3.63, 3.8) is 0 Å². The number of aryl methyl sites for hydroxylation is 1. The van der Waals surface area contributed by atoms with Crippen LogP contribution in [0, 0.1) is 6.92 Å². The summed E-state index contributed by atoms with van der Waals surface area (Å²) in [4.78, 5) is 12.8. The minimum atomic E-state index is -3.26. The maximum absolute atomic E-state index is 12.8. The van der Waals surface area contributed by atoms with Crippen LogP contribution in [0.4, 0.5) is 5.82 Å². The second kappa shape index (κ2) is 7.36. The van der Waals surface area contributed by atoms with Crippen LogP contribution in [-0.2, 0) is 26.1 Å². The van der Waals surface area contributed by atoms with E-state index < -0.39 is 15.9 Å². The van der Waals surface area contributed by atoms with Crippen LogP contribution >= 0.6 is 0 Å². The van der Waals surface area contributed by atoms with Gasteiger partial charge in [0.2, 0.25) is 0 Å². The Kier molecular flexibility index (Phi) is 4.87. The first kappa shape index (κ1) is 19.2. The van der Waals surface area contributed by atoms with Gasteiger partial charge < -0.3 is 10.1 Å². The lowest BCUT2D eigenvalue weighted by molar-refractivity contribution is -0.122. The van der Waals surface area contributed by atoms with Gasteiger partial charge in [-0.2, -0.15) is 5.10 Å². The molecule has 0 bridgehead atoms. The second-order valence-corrected chi connectivity index (χ2v) is 9.13. The molecular weight excluding hydrogens is 390 g/mol. The van der Waals surface area contributed by atoms with Crippen LogP contribution in [-0.4, -0.2) is 30.2 Å². The number of nitrogens with one attached hydrogen (secondary N) is 1. The quantitative estimate of drug-likeness (QED) is 0.697. The van der Waals surface area contributed by atoms with E-state index in [2.05, 4.69) is 10.4 Å². The van der Waals surface area contributed by atoms with Gasteiger partial charge >= 0.3 is 0 Å². The minimum absolute atomic E-state index is 0.125. The van der Waals surface area contributed by atoms with Crippen molar-refractivity contribution in [3.05, 3.63) is 71.4 Å². The Balaban J connectivity index is 1.67. The molecule has 150 valence electrons. The van der Waals surface area contributed by atoms with Crippen molar-refractivity contribution in [2.24, 2.45) is 0 Å². The summed E-state index contributed by atoms with van der Waals surface area (Å²) >= 11 is 0. The standard InChI is InChI=1S/C21H21N3O4S/c1-14-8-6-7-11-19(14)24-20(17-12-29(26,27)13-18(17)23-24)22-21(25)15(2)28-16-9-4-3-5-10-16/h3-11,15H,12-13H2,1-2H3,(H,22,25)/t15-/m0/s1. The van der Waals surface area contributed by atoms with E-state index >= 15 is 0 Å². The van der Waals surface area contributed by atoms with Crippen LogP contribution < -0.4 is 10.1 Å². The van der Waals surface area contributed by atoms with E-state index in [0.717, 1.165) is 11.3 Å². The van der Waals surface area contributed by atoms with E-state index in [0.29, 0.717) is 22.8 Å². The molecular formula is C21H21N3O4S. The van der Waals surface area contributed by atoms with Crippen molar-refractivity contribution >= 4 is 21.6 Å². The van der Waals surface area contributed by atoms with Gasteiger partial charge in [0.25, 0.3) is 5.91 Å². The van der Waals surface area contributed by atoms with E-state index in [4.69, 9.17) is 4.74 Å². The first-order valence-corrected chi connectivity index (χ1v) is 11.1. The highest BCUT2D eigenvalue weighted by molar-refractivity contribution is 7.90. The van der Waals surface area contributed by atoms with Crippen molar-refractivity contribution in [2.45, 2.75) is 31.5 Å². The van der Waals surface area contributed by atoms with Gasteiger partial charge in [0, 0.05) is 5.56 Å². The van der Waals surface area contributed by atoms with Crippen LogP contribution in [0.25, 0.3) is 5.69 Å². The molecule has 2 heterocycles. The summed E-state index contributed by atoms with van der Waals surface area (Å²) in [6, 6.07) is 16.7. The number of amides is 1. The fourth-order valence-corrected chi connectivity index (χ4v) is 4.82. The molecule has 29 heavy (non-hydrogen) atoms. The first-order chi connectivity index (χ1) is 13.8. The van der Waals surface area contributed by atoms with Crippen molar-refractivity contribution in [2.75, 3.05) is 5.32 Å². The zero-order valence-corrected chi connectivity index (χ0v) is 16.9. The Morgan fingerprint density at radius 2 is 1.79 bits per heavy atom. The van der Waals surface area contributed by atoms with Crippen LogP contribution in [0.1, 0.15) is 23.7 Å². The fraction of sp³-hybridized carbons (Fsp3) is 0.238. The number of carbonyl (C=O) groups excluding carboxylic acids is 1. The summed E-state index contributed by atoms with van der Waals surface area (Å²) < 4.78 is 31.5. The van der Waals surface area contributed by atoms with Gasteiger partial charge in [-0.1, -0.05) is 36.4 Å². The minimum Gasteiger partial charge on any atom is -0.481 e. The molecule has 2 aromatic carbocycles. The number of rotatable bonds is 5. The Labute approximate surface area is 169 Å². The van der Waals surface area contributed by atoms with Gasteiger partial charge in [0.05, 0.1) is 22.9 Å². The molecule has 3 aromatic rings. The highest BCUT2D eigenvalue weighted by Gasteiger charge is 2.34. The SMILES string of the molecule is Cc1ccccc1-n1nc2c(c1NC(=O)[C@H](C)Oc1ccccc1)CS(=O)(=O)C2. The number of hydrogen-bond acceptors (Lipinski definition) is 5. The van der Waals surface area contributed by atoms with E-state index in [-0.39, 0.29) is 17.4 Å². The van der Waals surface area contributed by atoms with Gasteiger partial charge in [-0.15, -0.1) is 0 Å². The molecule has 1 amide bonds. The van der Waals surface area contributed by atoms with Crippen molar-refractivity contribution in [1.82, 2.24) is 9.78 Å². The lowest BCUT2D eigenvalue weighted by Gasteiger charge is -2.17. The predicted octanol–water partition coefficient (Wildman–Crippen LogP) is 3.02. The summed E-state index contributed by atoms with van der Waals surface area (Å²) in [7, 11) is -3.26. The molecule has 1 atom stereocenters. The van der Waals surface area contributed by atoms with E-state index in [9.17, 15) is 13.2 Å². The molecule has 0 fully saturated rings. The van der Waals surface area contributed by atoms with Crippen LogP contribution in [0.5, 0.6) is 5.75 Å². The topological polar surface area (TPSA) is 90.3 Å². The molecule has 7 nitrogen and oxygen atoms in total. The summed E-state index contributed by atoms with van der Waals surface area (Å²) in [6.07, 6.45) is -0.772. The summed E-state index contributed by atoms with van der Waals surface area (Å²) in [5.41, 5.74) is 2.75. The van der Waals surface area contributed by atoms with Crippen molar-refractivity contribution in [1.29, 1.82) is 0 Å². The summed E-state index contributed by atoms with van der Waals surface area (Å²) in [5.74, 6) is 0.313. The molecule has 0 aliphatic carbocycles. The van der Waals surface area contributed by atoms with Gasteiger partial charge in [0.15, 0.2) is 15.9 Å². The normalized spacial score (nSPS) is 15.5. The average molecular weight is 411 g/mol. The number of carbonyl (C=O) groups is 1. The molecule has 0 saturated carbocycles. The molecule has 0 spiro atoms. The third-order valence-electron chi connectivity index (χ3n) is 4.80. The number of sulfone groups is 1. The van der Waals surface area contributed by atoms with E-state index in [1.807, 2.05) is 49.4 Å². The monoisotopic (exact) mass is 411 g/mol. The molecule has 8 heteroatoms. The summed E-state index contributed by atoms with van der Waals surface area (Å²) in [5, 5.41) is 7.34. The van der Waals surface area contributed by atoms with Crippen molar-refractivity contribution < 1.29 is 17.9 Å². The number of hydrogen-bond donors (Lipinski definition) is 1. The molecule has 1 aliphatic rings. The van der Waals surface area contributed by atoms with Crippen molar-refractivity contribution in [3.8, 4) is 11.4 Å². The Hall–Kier alpha value is -3.13. The van der Waals surface area contributed by atoms with Gasteiger partial charge in [-0.3, -0.25) is 4.79 Å². The number of ether oxygens (including phenoxy) is 1.